The molecule has 2 aliphatic rings. The first-order valence-corrected chi connectivity index (χ1v) is 12.2. The Morgan fingerprint density at radius 1 is 1.11 bits per heavy atom. The molecular weight excluding hydrogens is 450 g/mol. The minimum absolute atomic E-state index is 0.0231. The van der Waals surface area contributed by atoms with Gasteiger partial charge in [0, 0.05) is 62.2 Å². The number of benzene rings is 1. The second kappa shape index (κ2) is 9.73. The summed E-state index contributed by atoms with van der Waals surface area (Å²) in [5.74, 6) is -0.208. The minimum atomic E-state index is -0.449. The smallest absolute Gasteiger partial charge is 0.246 e. The highest BCUT2D eigenvalue weighted by Gasteiger charge is 2.30. The predicted molar refractivity (Wildman–Crippen MR) is 131 cm³/mol. The van der Waals surface area contributed by atoms with Crippen molar-refractivity contribution in [3.8, 4) is 0 Å². The molecule has 2 aromatic heterocycles. The first-order chi connectivity index (χ1) is 16.9. The highest BCUT2D eigenvalue weighted by atomic mass is 19.1. The second-order valence-electron chi connectivity index (χ2n) is 9.46. The quantitative estimate of drug-likeness (QED) is 0.519. The molecule has 0 bridgehead atoms. The summed E-state index contributed by atoms with van der Waals surface area (Å²) in [5, 5.41) is 4.35. The molecule has 4 heterocycles. The summed E-state index contributed by atoms with van der Waals surface area (Å²) >= 11 is 0. The van der Waals surface area contributed by atoms with Crippen LogP contribution in [0.2, 0.25) is 0 Å². The summed E-state index contributed by atoms with van der Waals surface area (Å²) < 4.78 is 30.0. The number of aromatic nitrogens is 3. The van der Waals surface area contributed by atoms with Gasteiger partial charge < -0.3 is 9.80 Å². The van der Waals surface area contributed by atoms with Crippen molar-refractivity contribution < 1.29 is 13.6 Å². The number of carbonyl (C=O) groups excluding carboxylic acids is 1. The molecule has 2 fully saturated rings. The average molecular weight is 481 g/mol. The van der Waals surface area contributed by atoms with E-state index in [4.69, 9.17) is 4.98 Å². The number of carbonyl (C=O) groups is 1. The molecule has 0 aliphatic carbocycles. The largest absolute Gasteiger partial charge is 0.349 e. The maximum atomic E-state index is 14.5. The SMILES string of the molecule is CC(C)N1CCN(C(=O)C=Cc2cnn3ccc(N4CCCC4c4cc(F)ccc4F)nc23)CC1. The Bertz CT molecular complexity index is 1250. The maximum absolute atomic E-state index is 14.5. The highest BCUT2D eigenvalue weighted by molar-refractivity contribution is 5.92. The van der Waals surface area contributed by atoms with Gasteiger partial charge in [0.1, 0.15) is 17.5 Å². The number of nitrogens with zero attached hydrogens (tertiary/aromatic N) is 6. The number of hydrogen-bond donors (Lipinski definition) is 0. The van der Waals surface area contributed by atoms with E-state index in [-0.39, 0.29) is 11.9 Å². The van der Waals surface area contributed by atoms with Crippen LogP contribution in [0.25, 0.3) is 11.7 Å². The number of rotatable bonds is 5. The van der Waals surface area contributed by atoms with E-state index in [2.05, 4.69) is 23.8 Å². The Hall–Kier alpha value is -3.33. The third-order valence-corrected chi connectivity index (χ3v) is 7.01. The van der Waals surface area contributed by atoms with Gasteiger partial charge in [-0.2, -0.15) is 5.10 Å². The fraction of sp³-hybridized carbons (Fsp3) is 0.423. The van der Waals surface area contributed by atoms with Crippen molar-refractivity contribution in [2.24, 2.45) is 0 Å². The zero-order chi connectivity index (χ0) is 24.5. The van der Waals surface area contributed by atoms with E-state index in [9.17, 15) is 13.6 Å². The summed E-state index contributed by atoms with van der Waals surface area (Å²) in [5.41, 5.74) is 1.69. The summed E-state index contributed by atoms with van der Waals surface area (Å²) in [7, 11) is 0. The molecule has 3 aromatic rings. The summed E-state index contributed by atoms with van der Waals surface area (Å²) in [6, 6.07) is 5.62. The molecule has 0 N–H and O–H groups in total. The number of fused-ring (bicyclic) bond motifs is 1. The van der Waals surface area contributed by atoms with Gasteiger partial charge in [-0.05, 0) is 57.0 Å². The van der Waals surface area contributed by atoms with E-state index in [1.807, 2.05) is 15.9 Å². The fourth-order valence-electron chi connectivity index (χ4n) is 5.01. The summed E-state index contributed by atoms with van der Waals surface area (Å²) in [6.07, 6.45) is 8.40. The number of amides is 1. The number of anilines is 1. The molecule has 1 aromatic carbocycles. The number of hydrogen-bond acceptors (Lipinski definition) is 5. The molecule has 1 unspecified atom stereocenters. The van der Waals surface area contributed by atoms with Crippen molar-refractivity contribution in [3.05, 3.63) is 65.5 Å². The monoisotopic (exact) mass is 480 g/mol. The molecule has 5 rings (SSSR count). The first kappa shape index (κ1) is 23.4. The lowest BCUT2D eigenvalue weighted by atomic mass is 10.0. The van der Waals surface area contributed by atoms with Crippen molar-refractivity contribution in [2.75, 3.05) is 37.6 Å². The van der Waals surface area contributed by atoms with Crippen molar-refractivity contribution in [1.29, 1.82) is 0 Å². The van der Waals surface area contributed by atoms with E-state index in [1.165, 1.54) is 12.1 Å². The zero-order valence-electron chi connectivity index (χ0n) is 20.1. The van der Waals surface area contributed by atoms with Gasteiger partial charge in [-0.3, -0.25) is 9.69 Å². The van der Waals surface area contributed by atoms with E-state index < -0.39 is 11.6 Å². The van der Waals surface area contributed by atoms with Gasteiger partial charge in [-0.1, -0.05) is 0 Å². The predicted octanol–water partition coefficient (Wildman–Crippen LogP) is 3.91. The Labute approximate surface area is 203 Å². The molecule has 0 radical (unpaired) electrons. The lowest BCUT2D eigenvalue weighted by Crippen LogP contribution is -2.50. The third kappa shape index (κ3) is 4.77. The maximum Gasteiger partial charge on any atom is 0.246 e. The van der Waals surface area contributed by atoms with Crippen molar-refractivity contribution >= 4 is 23.4 Å². The minimum Gasteiger partial charge on any atom is -0.349 e. The van der Waals surface area contributed by atoms with Gasteiger partial charge in [-0.25, -0.2) is 18.3 Å². The summed E-state index contributed by atoms with van der Waals surface area (Å²) in [4.78, 5) is 23.8. The molecule has 184 valence electrons. The van der Waals surface area contributed by atoms with Crippen LogP contribution in [0.4, 0.5) is 14.6 Å². The van der Waals surface area contributed by atoms with Gasteiger partial charge in [-0.15, -0.1) is 0 Å². The average Bonchev–Trinajstić information content (AvgIpc) is 3.51. The molecule has 2 saturated heterocycles. The Balaban J connectivity index is 1.35. The van der Waals surface area contributed by atoms with Gasteiger partial charge >= 0.3 is 0 Å². The molecule has 1 amide bonds. The number of halogens is 2. The van der Waals surface area contributed by atoms with E-state index in [1.54, 1.807) is 29.1 Å². The van der Waals surface area contributed by atoms with Crippen molar-refractivity contribution in [2.45, 2.75) is 38.8 Å². The van der Waals surface area contributed by atoms with Crippen LogP contribution in [0, 0.1) is 11.6 Å². The Kier molecular flexibility index (Phi) is 6.51. The first-order valence-electron chi connectivity index (χ1n) is 12.2. The summed E-state index contributed by atoms with van der Waals surface area (Å²) in [6.45, 7) is 8.22. The molecule has 1 atom stereocenters. The van der Waals surface area contributed by atoms with Gasteiger partial charge in [0.25, 0.3) is 0 Å². The zero-order valence-corrected chi connectivity index (χ0v) is 20.1. The van der Waals surface area contributed by atoms with Crippen molar-refractivity contribution in [1.82, 2.24) is 24.4 Å². The Morgan fingerprint density at radius 2 is 1.91 bits per heavy atom. The highest BCUT2D eigenvalue weighted by Crippen LogP contribution is 2.36. The third-order valence-electron chi connectivity index (χ3n) is 7.01. The molecule has 0 spiro atoms. The second-order valence-corrected chi connectivity index (χ2v) is 9.46. The van der Waals surface area contributed by atoms with Crippen LogP contribution in [0.1, 0.15) is 43.9 Å². The normalized spacial score (nSPS) is 19.5. The van der Waals surface area contributed by atoms with Crippen LogP contribution in [0.15, 0.2) is 42.7 Å². The van der Waals surface area contributed by atoms with Gasteiger partial charge in [0.15, 0.2) is 5.65 Å². The molecule has 9 heteroatoms. The lowest BCUT2D eigenvalue weighted by molar-refractivity contribution is -0.127. The fourth-order valence-corrected chi connectivity index (χ4v) is 5.01. The molecule has 35 heavy (non-hydrogen) atoms. The van der Waals surface area contributed by atoms with Crippen LogP contribution in [0.3, 0.4) is 0 Å². The van der Waals surface area contributed by atoms with Crippen LogP contribution >= 0.6 is 0 Å². The van der Waals surface area contributed by atoms with Gasteiger partial charge in [0.05, 0.1) is 12.2 Å². The topological polar surface area (TPSA) is 57.0 Å². The van der Waals surface area contributed by atoms with Crippen LogP contribution in [-0.2, 0) is 4.79 Å². The van der Waals surface area contributed by atoms with E-state index in [0.717, 1.165) is 37.6 Å². The van der Waals surface area contributed by atoms with Crippen LogP contribution < -0.4 is 4.90 Å². The Morgan fingerprint density at radius 3 is 2.69 bits per heavy atom. The molecule has 0 saturated carbocycles. The van der Waals surface area contributed by atoms with Gasteiger partial charge in [0.2, 0.25) is 5.91 Å². The number of piperazine rings is 1. The van der Waals surface area contributed by atoms with Crippen molar-refractivity contribution in [3.63, 3.8) is 0 Å². The van der Waals surface area contributed by atoms with Crippen LogP contribution in [-0.4, -0.2) is 69.1 Å². The standard InChI is InChI=1S/C26H30F2N6O/c1-18(2)31-12-14-32(15-13-31)25(35)8-5-19-17-29-34-11-9-24(30-26(19)34)33-10-3-4-23(33)21-16-20(27)6-7-22(21)28/h5-9,11,16-18,23H,3-4,10,12-15H2,1-2H3. The molecule has 2 aliphatic heterocycles. The van der Waals surface area contributed by atoms with Crippen LogP contribution in [0.5, 0.6) is 0 Å². The molecule has 7 nitrogen and oxygen atoms in total. The van der Waals surface area contributed by atoms with E-state index in [0.29, 0.717) is 42.7 Å². The molecular formula is C26H30F2N6O. The lowest BCUT2D eigenvalue weighted by Gasteiger charge is -2.36. The van der Waals surface area contributed by atoms with E-state index >= 15 is 0 Å².